The Morgan fingerprint density at radius 1 is 0.870 bits per heavy atom. The van der Waals surface area contributed by atoms with E-state index in [1.54, 1.807) is 0 Å². The molecule has 2 unspecified atom stereocenters. The van der Waals surface area contributed by atoms with Crippen molar-refractivity contribution in [1.29, 1.82) is 0 Å². The SMILES string of the molecule is CC(C)(CNC(=O)C1(C)CC1(Br)Br)CNC(=O)C1(C)CC1(Br)Br. The number of halogens is 4. The van der Waals surface area contributed by atoms with Crippen LogP contribution in [-0.4, -0.2) is 31.4 Å². The molecule has 2 amide bonds. The summed E-state index contributed by atoms with van der Waals surface area (Å²) in [5, 5.41) is 6.01. The summed E-state index contributed by atoms with van der Waals surface area (Å²) in [4.78, 5) is 24.6. The van der Waals surface area contributed by atoms with Gasteiger partial charge in [-0.25, -0.2) is 0 Å². The van der Waals surface area contributed by atoms with Gasteiger partial charge in [-0.2, -0.15) is 0 Å². The minimum Gasteiger partial charge on any atom is -0.355 e. The first-order valence-corrected chi connectivity index (χ1v) is 10.7. The fourth-order valence-electron chi connectivity index (χ4n) is 2.38. The Morgan fingerprint density at radius 2 is 1.13 bits per heavy atom. The average Bonchev–Trinajstić information content (AvgIpc) is 3.13. The van der Waals surface area contributed by atoms with Crippen LogP contribution in [-0.2, 0) is 9.59 Å². The fraction of sp³-hybridized carbons (Fsp3) is 0.867. The van der Waals surface area contributed by atoms with Gasteiger partial charge in [0.15, 0.2) is 0 Å². The molecule has 0 saturated heterocycles. The van der Waals surface area contributed by atoms with E-state index < -0.39 is 10.8 Å². The fourth-order valence-corrected chi connectivity index (χ4v) is 5.35. The van der Waals surface area contributed by atoms with Crippen LogP contribution >= 0.6 is 63.7 Å². The lowest BCUT2D eigenvalue weighted by molar-refractivity contribution is -0.126. The van der Waals surface area contributed by atoms with E-state index in [1.165, 1.54) is 0 Å². The highest BCUT2D eigenvalue weighted by atomic mass is 79.9. The van der Waals surface area contributed by atoms with Crippen molar-refractivity contribution >= 4 is 75.5 Å². The van der Waals surface area contributed by atoms with Crippen molar-refractivity contribution in [3.05, 3.63) is 0 Å². The van der Waals surface area contributed by atoms with Gasteiger partial charge in [0.05, 0.1) is 17.3 Å². The molecule has 2 atom stereocenters. The van der Waals surface area contributed by atoms with E-state index in [-0.39, 0.29) is 23.7 Å². The summed E-state index contributed by atoms with van der Waals surface area (Å²) in [5.41, 5.74) is -1.05. The third kappa shape index (κ3) is 3.85. The molecule has 0 bridgehead atoms. The number of carbonyl (C=O) groups excluding carboxylic acids is 2. The monoisotopic (exact) mass is 578 g/mol. The Labute approximate surface area is 171 Å². The van der Waals surface area contributed by atoms with Crippen LogP contribution in [0.3, 0.4) is 0 Å². The quantitative estimate of drug-likeness (QED) is 0.466. The summed E-state index contributed by atoms with van der Waals surface area (Å²) in [6, 6.07) is 0. The van der Waals surface area contributed by atoms with Gasteiger partial charge in [0, 0.05) is 13.1 Å². The van der Waals surface area contributed by atoms with E-state index in [9.17, 15) is 9.59 Å². The average molecular weight is 582 g/mol. The molecular weight excluding hydrogens is 560 g/mol. The summed E-state index contributed by atoms with van der Waals surface area (Å²) < 4.78 is -0.573. The molecular formula is C15H22Br4N2O2. The van der Waals surface area contributed by atoms with E-state index in [0.29, 0.717) is 13.1 Å². The number of nitrogens with one attached hydrogen (secondary N) is 2. The van der Waals surface area contributed by atoms with Gasteiger partial charge in [-0.05, 0) is 32.1 Å². The standard InChI is InChI=1S/C15H22Br4N2O2/c1-11(2,7-20-9(22)12(3)5-14(12,16)17)8-21-10(23)13(4)6-15(13,18)19/h5-8H2,1-4H3,(H,20,22)(H,21,23). The lowest BCUT2D eigenvalue weighted by Crippen LogP contribution is -2.45. The zero-order valence-corrected chi connectivity index (χ0v) is 20.0. The summed E-state index contributed by atoms with van der Waals surface area (Å²) in [5.74, 6) is 0.0551. The molecule has 2 aliphatic carbocycles. The molecule has 0 heterocycles. The van der Waals surface area contributed by atoms with Gasteiger partial charge in [0.2, 0.25) is 11.8 Å². The van der Waals surface area contributed by atoms with Crippen molar-refractivity contribution in [3.63, 3.8) is 0 Å². The minimum absolute atomic E-state index is 0.0275. The molecule has 2 aliphatic rings. The van der Waals surface area contributed by atoms with Crippen molar-refractivity contribution in [2.24, 2.45) is 16.2 Å². The first-order chi connectivity index (χ1) is 10.2. The van der Waals surface area contributed by atoms with Gasteiger partial charge in [0.1, 0.15) is 0 Å². The van der Waals surface area contributed by atoms with Crippen molar-refractivity contribution in [1.82, 2.24) is 10.6 Å². The van der Waals surface area contributed by atoms with Crippen LogP contribution in [0.1, 0.15) is 40.5 Å². The number of hydrogen-bond donors (Lipinski definition) is 2. The third-order valence-electron chi connectivity index (χ3n) is 4.97. The van der Waals surface area contributed by atoms with E-state index in [1.807, 2.05) is 27.7 Å². The topological polar surface area (TPSA) is 58.2 Å². The molecule has 23 heavy (non-hydrogen) atoms. The molecule has 0 aromatic heterocycles. The van der Waals surface area contributed by atoms with E-state index in [2.05, 4.69) is 74.4 Å². The maximum Gasteiger partial charge on any atom is 0.228 e. The van der Waals surface area contributed by atoms with Crippen LogP contribution in [0.15, 0.2) is 0 Å². The first-order valence-electron chi connectivity index (χ1n) is 7.49. The minimum atomic E-state index is -0.417. The van der Waals surface area contributed by atoms with Gasteiger partial charge in [0.25, 0.3) is 0 Å². The molecule has 0 radical (unpaired) electrons. The molecule has 8 heteroatoms. The number of rotatable bonds is 6. The molecule has 2 rings (SSSR count). The third-order valence-corrected chi connectivity index (χ3v) is 9.59. The van der Waals surface area contributed by atoms with Crippen molar-refractivity contribution in [3.8, 4) is 0 Å². The zero-order valence-electron chi connectivity index (χ0n) is 13.7. The molecule has 2 fully saturated rings. The summed E-state index contributed by atoms with van der Waals surface area (Å²) in [6.45, 7) is 8.96. The second-order valence-corrected chi connectivity index (χ2v) is 15.5. The number of hydrogen-bond acceptors (Lipinski definition) is 2. The number of alkyl halides is 4. The van der Waals surface area contributed by atoms with E-state index >= 15 is 0 Å². The largest absolute Gasteiger partial charge is 0.355 e. The lowest BCUT2D eigenvalue weighted by Gasteiger charge is -2.27. The predicted molar refractivity (Wildman–Crippen MR) is 106 cm³/mol. The number of carbonyl (C=O) groups is 2. The first kappa shape index (κ1) is 20.2. The normalized spacial score (nSPS) is 33.7. The van der Waals surface area contributed by atoms with Gasteiger partial charge in [-0.1, -0.05) is 77.6 Å². The predicted octanol–water partition coefficient (Wildman–Crippen LogP) is 4.04. The van der Waals surface area contributed by atoms with E-state index in [0.717, 1.165) is 12.8 Å². The molecule has 4 nitrogen and oxygen atoms in total. The van der Waals surface area contributed by atoms with Crippen LogP contribution in [0.5, 0.6) is 0 Å². The Morgan fingerprint density at radius 3 is 1.35 bits per heavy atom. The molecule has 0 aromatic carbocycles. The molecule has 0 aliphatic heterocycles. The van der Waals surface area contributed by atoms with Gasteiger partial charge < -0.3 is 10.6 Å². The second kappa shape index (κ2) is 5.95. The van der Waals surface area contributed by atoms with Crippen LogP contribution in [0, 0.1) is 16.2 Å². The van der Waals surface area contributed by atoms with Crippen LogP contribution in [0.4, 0.5) is 0 Å². The molecule has 2 saturated carbocycles. The summed E-state index contributed by atoms with van der Waals surface area (Å²) >= 11 is 14.0. The second-order valence-electron chi connectivity index (χ2n) is 7.96. The zero-order chi connectivity index (χ0) is 17.9. The molecule has 132 valence electrons. The Hall–Kier alpha value is 0.860. The van der Waals surface area contributed by atoms with Crippen LogP contribution in [0.2, 0.25) is 0 Å². The van der Waals surface area contributed by atoms with Gasteiger partial charge in [-0.15, -0.1) is 0 Å². The van der Waals surface area contributed by atoms with Crippen molar-refractivity contribution < 1.29 is 9.59 Å². The summed E-state index contributed by atoms with van der Waals surface area (Å²) in [7, 11) is 0. The maximum atomic E-state index is 12.3. The highest BCUT2D eigenvalue weighted by Gasteiger charge is 2.67. The Bertz CT molecular complexity index is 504. The molecule has 2 N–H and O–H groups in total. The maximum absolute atomic E-state index is 12.3. The smallest absolute Gasteiger partial charge is 0.228 e. The summed E-state index contributed by atoms with van der Waals surface area (Å²) in [6.07, 6.45) is 1.53. The van der Waals surface area contributed by atoms with Crippen LogP contribution in [0.25, 0.3) is 0 Å². The van der Waals surface area contributed by atoms with Crippen molar-refractivity contribution in [2.75, 3.05) is 13.1 Å². The lowest BCUT2D eigenvalue weighted by atomic mass is 9.92. The highest BCUT2D eigenvalue weighted by molar-refractivity contribution is 9.26. The van der Waals surface area contributed by atoms with E-state index in [4.69, 9.17) is 0 Å². The van der Waals surface area contributed by atoms with Gasteiger partial charge >= 0.3 is 0 Å². The van der Waals surface area contributed by atoms with Crippen molar-refractivity contribution in [2.45, 2.75) is 47.0 Å². The van der Waals surface area contributed by atoms with Crippen LogP contribution < -0.4 is 10.6 Å². The molecule has 0 spiro atoms. The molecule has 0 aromatic rings. The number of amides is 2. The Kier molecular flexibility index (Phi) is 5.22. The van der Waals surface area contributed by atoms with Gasteiger partial charge in [-0.3, -0.25) is 9.59 Å². The Balaban J connectivity index is 1.79. The highest BCUT2D eigenvalue weighted by Crippen LogP contribution is 2.67.